The molecule has 2 N–H and O–H groups in total. The van der Waals surface area contributed by atoms with Gasteiger partial charge < -0.3 is 14.8 Å². The predicted octanol–water partition coefficient (Wildman–Crippen LogP) is 4.76. The summed E-state index contributed by atoms with van der Waals surface area (Å²) in [5.41, 5.74) is 3.40. The van der Waals surface area contributed by atoms with Gasteiger partial charge in [-0.3, -0.25) is 0 Å². The summed E-state index contributed by atoms with van der Waals surface area (Å²) in [6.07, 6.45) is -2.82. The van der Waals surface area contributed by atoms with Crippen LogP contribution in [-0.2, 0) is 16.0 Å². The molecule has 0 aliphatic heterocycles. The number of carboxylic acid groups (broad SMARTS) is 1. The zero-order valence-corrected chi connectivity index (χ0v) is 14.1. The maximum atomic E-state index is 12.3. The van der Waals surface area contributed by atoms with Gasteiger partial charge in [-0.2, -0.15) is 13.2 Å². The highest BCUT2D eigenvalue weighted by Gasteiger charge is 2.29. The van der Waals surface area contributed by atoms with Crippen molar-refractivity contribution in [1.82, 2.24) is 4.98 Å². The van der Waals surface area contributed by atoms with Gasteiger partial charge in [0.15, 0.2) is 6.61 Å². The van der Waals surface area contributed by atoms with Crippen molar-refractivity contribution in [3.8, 4) is 0 Å². The van der Waals surface area contributed by atoms with Gasteiger partial charge in [0.1, 0.15) is 0 Å². The number of aromatic nitrogens is 1. The lowest BCUT2D eigenvalue weighted by molar-refractivity contribution is -0.169. The van der Waals surface area contributed by atoms with Crippen LogP contribution in [0.15, 0.2) is 60.4 Å². The Balaban J connectivity index is 1.83. The van der Waals surface area contributed by atoms with Gasteiger partial charge in [0.2, 0.25) is 5.76 Å². The van der Waals surface area contributed by atoms with Gasteiger partial charge in [-0.25, -0.2) is 4.79 Å². The molecule has 0 saturated carbocycles. The number of ether oxygens (including phenoxy) is 1. The summed E-state index contributed by atoms with van der Waals surface area (Å²) in [5, 5.41) is 9.88. The van der Waals surface area contributed by atoms with Gasteiger partial charge >= 0.3 is 12.1 Å². The highest BCUT2D eigenvalue weighted by atomic mass is 19.4. The molecule has 2 aromatic carbocycles. The third-order valence-corrected chi connectivity index (χ3v) is 3.84. The number of benzene rings is 2. The van der Waals surface area contributed by atoms with Gasteiger partial charge in [-0.15, -0.1) is 0 Å². The highest BCUT2D eigenvalue weighted by Crippen LogP contribution is 2.22. The molecule has 3 aromatic rings. The van der Waals surface area contributed by atoms with E-state index in [1.807, 2.05) is 36.4 Å². The lowest BCUT2D eigenvalue weighted by Crippen LogP contribution is -2.19. The second-order valence-electron chi connectivity index (χ2n) is 6.02. The second-order valence-corrected chi connectivity index (χ2v) is 6.02. The Labute approximate surface area is 152 Å². The SMILES string of the molecule is O=C(O)/C(=C/c1ccc2[nH]c(Cc3ccccc3)cc2c1)OCC(F)(F)F. The molecule has 0 amide bonds. The molecular weight excluding hydrogens is 359 g/mol. The van der Waals surface area contributed by atoms with E-state index in [1.165, 1.54) is 0 Å². The molecule has 0 bridgehead atoms. The average molecular weight is 375 g/mol. The first kappa shape index (κ1) is 18.6. The lowest BCUT2D eigenvalue weighted by atomic mass is 10.1. The molecule has 1 heterocycles. The standard InChI is InChI=1S/C20H16F3NO3/c21-20(22,23)12-27-18(19(25)26)10-14-6-7-17-15(8-14)11-16(24-17)9-13-4-2-1-3-5-13/h1-8,10-11,24H,9,12H2,(H,25,26)/b18-10-. The monoisotopic (exact) mass is 375 g/mol. The molecule has 3 rings (SSSR count). The third-order valence-electron chi connectivity index (χ3n) is 3.84. The molecular formula is C20H16F3NO3. The van der Waals surface area contributed by atoms with Crippen molar-refractivity contribution in [2.75, 3.05) is 6.61 Å². The number of H-pyrrole nitrogens is 1. The first-order valence-corrected chi connectivity index (χ1v) is 8.10. The van der Waals surface area contributed by atoms with Crippen molar-refractivity contribution in [1.29, 1.82) is 0 Å². The molecule has 0 aliphatic carbocycles. The van der Waals surface area contributed by atoms with E-state index in [9.17, 15) is 18.0 Å². The summed E-state index contributed by atoms with van der Waals surface area (Å²) >= 11 is 0. The number of rotatable bonds is 6. The van der Waals surface area contributed by atoms with E-state index in [0.29, 0.717) is 12.0 Å². The number of halogens is 3. The largest absolute Gasteiger partial charge is 0.477 e. The first-order chi connectivity index (χ1) is 12.8. The van der Waals surface area contributed by atoms with E-state index in [2.05, 4.69) is 9.72 Å². The maximum Gasteiger partial charge on any atom is 0.422 e. The number of aliphatic carboxylic acids is 1. The van der Waals surface area contributed by atoms with Gasteiger partial charge in [-0.05, 0) is 35.4 Å². The zero-order chi connectivity index (χ0) is 19.4. The smallest absolute Gasteiger partial charge is 0.422 e. The van der Waals surface area contributed by atoms with Crippen LogP contribution in [0.4, 0.5) is 13.2 Å². The highest BCUT2D eigenvalue weighted by molar-refractivity contribution is 5.91. The molecule has 0 atom stereocenters. The van der Waals surface area contributed by atoms with E-state index in [-0.39, 0.29) is 0 Å². The van der Waals surface area contributed by atoms with Crippen LogP contribution in [0.2, 0.25) is 0 Å². The third kappa shape index (κ3) is 5.13. The topological polar surface area (TPSA) is 62.3 Å². The molecule has 0 spiro atoms. The Morgan fingerprint density at radius 2 is 1.85 bits per heavy atom. The fourth-order valence-corrected chi connectivity index (χ4v) is 2.69. The summed E-state index contributed by atoms with van der Waals surface area (Å²) < 4.78 is 41.2. The van der Waals surface area contributed by atoms with Crippen molar-refractivity contribution in [2.24, 2.45) is 0 Å². The summed E-state index contributed by atoms with van der Waals surface area (Å²) in [4.78, 5) is 14.4. The van der Waals surface area contributed by atoms with Crippen molar-refractivity contribution in [3.63, 3.8) is 0 Å². The Bertz CT molecular complexity index is 975. The van der Waals surface area contributed by atoms with Crippen molar-refractivity contribution in [2.45, 2.75) is 12.6 Å². The Hall–Kier alpha value is -3.22. The number of alkyl halides is 3. The lowest BCUT2D eigenvalue weighted by Gasteiger charge is -2.09. The molecule has 1 aromatic heterocycles. The van der Waals surface area contributed by atoms with Crippen LogP contribution < -0.4 is 0 Å². The van der Waals surface area contributed by atoms with Crippen LogP contribution in [0.3, 0.4) is 0 Å². The van der Waals surface area contributed by atoms with Crippen LogP contribution in [0.1, 0.15) is 16.8 Å². The number of carboxylic acids is 1. The number of aromatic amines is 1. The molecule has 0 radical (unpaired) electrons. The minimum absolute atomic E-state index is 0.437. The van der Waals surface area contributed by atoms with Gasteiger partial charge in [-0.1, -0.05) is 36.4 Å². The van der Waals surface area contributed by atoms with Crippen LogP contribution in [0, 0.1) is 0 Å². The average Bonchev–Trinajstić information content (AvgIpc) is 2.99. The number of hydrogen-bond donors (Lipinski definition) is 2. The van der Waals surface area contributed by atoms with Gasteiger partial charge in [0, 0.05) is 23.0 Å². The molecule has 0 aliphatic rings. The fourth-order valence-electron chi connectivity index (χ4n) is 2.69. The van der Waals surface area contributed by atoms with E-state index in [4.69, 9.17) is 5.11 Å². The molecule has 0 unspecified atom stereocenters. The molecule has 0 saturated heterocycles. The molecule has 27 heavy (non-hydrogen) atoms. The minimum atomic E-state index is -4.61. The maximum absolute atomic E-state index is 12.3. The van der Waals surface area contributed by atoms with Gasteiger partial charge in [0.25, 0.3) is 0 Å². The minimum Gasteiger partial charge on any atom is -0.477 e. The van der Waals surface area contributed by atoms with Crippen molar-refractivity contribution >= 4 is 22.9 Å². The van der Waals surface area contributed by atoms with E-state index < -0.39 is 24.5 Å². The molecule has 140 valence electrons. The van der Waals surface area contributed by atoms with E-state index in [0.717, 1.165) is 28.2 Å². The summed E-state index contributed by atoms with van der Waals surface area (Å²) in [6, 6.07) is 16.9. The number of carbonyl (C=O) groups is 1. The van der Waals surface area contributed by atoms with Crippen molar-refractivity contribution < 1.29 is 27.8 Å². The Kier molecular flexibility index (Phi) is 5.21. The summed E-state index contributed by atoms with van der Waals surface area (Å²) in [6.45, 7) is -1.65. The molecule has 0 fully saturated rings. The second kappa shape index (κ2) is 7.57. The van der Waals surface area contributed by atoms with Crippen LogP contribution in [0.25, 0.3) is 17.0 Å². The Morgan fingerprint density at radius 3 is 2.52 bits per heavy atom. The number of fused-ring (bicyclic) bond motifs is 1. The fraction of sp³-hybridized carbons (Fsp3) is 0.150. The first-order valence-electron chi connectivity index (χ1n) is 8.10. The predicted molar refractivity (Wildman–Crippen MR) is 95.2 cm³/mol. The van der Waals surface area contributed by atoms with E-state index in [1.54, 1.807) is 18.2 Å². The summed E-state index contributed by atoms with van der Waals surface area (Å²) in [7, 11) is 0. The van der Waals surface area contributed by atoms with Crippen LogP contribution in [0.5, 0.6) is 0 Å². The molecule has 7 heteroatoms. The van der Waals surface area contributed by atoms with Crippen molar-refractivity contribution in [3.05, 3.63) is 77.2 Å². The Morgan fingerprint density at radius 1 is 1.11 bits per heavy atom. The normalized spacial score (nSPS) is 12.3. The zero-order valence-electron chi connectivity index (χ0n) is 14.1. The van der Waals surface area contributed by atoms with Crippen LogP contribution in [-0.4, -0.2) is 28.8 Å². The quantitative estimate of drug-likeness (QED) is 0.482. The number of nitrogens with one attached hydrogen (secondary N) is 1. The summed E-state index contributed by atoms with van der Waals surface area (Å²) in [5.74, 6) is -2.31. The van der Waals surface area contributed by atoms with E-state index >= 15 is 0 Å². The number of hydrogen-bond acceptors (Lipinski definition) is 2. The van der Waals surface area contributed by atoms with Gasteiger partial charge in [0.05, 0.1) is 0 Å². The molecule has 4 nitrogen and oxygen atoms in total. The van der Waals surface area contributed by atoms with Crippen LogP contribution >= 0.6 is 0 Å².